The van der Waals surface area contributed by atoms with Gasteiger partial charge >= 0.3 is 5.97 Å². The van der Waals surface area contributed by atoms with Crippen LogP contribution in [-0.2, 0) is 14.8 Å². The van der Waals surface area contributed by atoms with Crippen molar-refractivity contribution < 1.29 is 17.9 Å². The molecule has 0 spiro atoms. The fourth-order valence-corrected chi connectivity index (χ4v) is 3.35. The average Bonchev–Trinajstić information content (AvgIpc) is 2.55. The number of carbonyl (C=O) groups excluding carboxylic acids is 1. The zero-order valence-corrected chi connectivity index (χ0v) is 15.1. The number of carbonyl (C=O) groups is 1. The minimum Gasteiger partial charge on any atom is -0.465 e. The molecule has 2 rings (SSSR count). The molecule has 24 heavy (non-hydrogen) atoms. The molecule has 0 saturated carbocycles. The van der Waals surface area contributed by atoms with Crippen molar-refractivity contribution in [3.8, 4) is 0 Å². The second kappa shape index (κ2) is 7.23. The zero-order valence-electron chi connectivity index (χ0n) is 13.5. The van der Waals surface area contributed by atoms with Gasteiger partial charge in [-0.3, -0.25) is 4.72 Å². The number of anilines is 1. The van der Waals surface area contributed by atoms with Gasteiger partial charge in [-0.25, -0.2) is 13.2 Å². The second-order valence-corrected chi connectivity index (χ2v) is 7.61. The molecule has 0 heterocycles. The number of halogens is 1. The van der Waals surface area contributed by atoms with E-state index in [0.29, 0.717) is 5.92 Å². The minimum atomic E-state index is -3.76. The number of rotatable bonds is 5. The van der Waals surface area contributed by atoms with Crippen LogP contribution in [0.5, 0.6) is 0 Å². The van der Waals surface area contributed by atoms with Crippen molar-refractivity contribution >= 4 is 33.3 Å². The topological polar surface area (TPSA) is 72.5 Å². The number of methoxy groups -OCH3 is 1. The third-order valence-corrected chi connectivity index (χ3v) is 5.21. The molecule has 0 bridgehead atoms. The monoisotopic (exact) mass is 367 g/mol. The molecule has 0 saturated heterocycles. The van der Waals surface area contributed by atoms with E-state index in [-0.39, 0.29) is 21.2 Å². The molecule has 0 unspecified atom stereocenters. The van der Waals surface area contributed by atoms with E-state index in [4.69, 9.17) is 11.6 Å². The number of esters is 1. The van der Waals surface area contributed by atoms with E-state index in [1.165, 1.54) is 25.3 Å². The maximum absolute atomic E-state index is 12.5. The molecule has 0 fully saturated rings. The van der Waals surface area contributed by atoms with Gasteiger partial charge in [0.2, 0.25) is 0 Å². The SMILES string of the molecule is COC(=O)c1cc(NS(=O)(=O)c2ccc(C(C)C)cc2)ccc1Cl. The van der Waals surface area contributed by atoms with E-state index < -0.39 is 16.0 Å². The van der Waals surface area contributed by atoms with Gasteiger partial charge in [-0.2, -0.15) is 0 Å². The lowest BCUT2D eigenvalue weighted by molar-refractivity contribution is 0.0601. The summed E-state index contributed by atoms with van der Waals surface area (Å²) in [5.74, 6) is -0.323. The van der Waals surface area contributed by atoms with Crippen molar-refractivity contribution in [3.63, 3.8) is 0 Å². The molecule has 0 aliphatic rings. The van der Waals surface area contributed by atoms with Crippen molar-refractivity contribution in [2.45, 2.75) is 24.7 Å². The molecular formula is C17H18ClNO4S. The van der Waals surface area contributed by atoms with Gasteiger partial charge in [-0.05, 0) is 41.8 Å². The second-order valence-electron chi connectivity index (χ2n) is 5.52. The number of benzene rings is 2. The van der Waals surface area contributed by atoms with Gasteiger partial charge in [0.15, 0.2) is 0 Å². The van der Waals surface area contributed by atoms with Crippen LogP contribution in [0.1, 0.15) is 35.7 Å². The van der Waals surface area contributed by atoms with E-state index in [2.05, 4.69) is 9.46 Å². The molecule has 0 amide bonds. The van der Waals surface area contributed by atoms with Crippen molar-refractivity contribution in [1.29, 1.82) is 0 Å². The quantitative estimate of drug-likeness (QED) is 0.809. The molecule has 0 atom stereocenters. The zero-order chi connectivity index (χ0) is 17.9. The Hall–Kier alpha value is -2.05. The van der Waals surface area contributed by atoms with E-state index >= 15 is 0 Å². The molecule has 128 valence electrons. The summed E-state index contributed by atoms with van der Waals surface area (Å²) in [6, 6.07) is 10.9. The first-order valence-electron chi connectivity index (χ1n) is 7.25. The molecule has 1 N–H and O–H groups in total. The van der Waals surface area contributed by atoms with Gasteiger partial charge in [0.1, 0.15) is 0 Å². The van der Waals surface area contributed by atoms with Crippen LogP contribution in [0.3, 0.4) is 0 Å². The van der Waals surface area contributed by atoms with Crippen molar-refractivity contribution in [3.05, 3.63) is 58.6 Å². The summed E-state index contributed by atoms with van der Waals surface area (Å²) in [6.07, 6.45) is 0. The summed E-state index contributed by atoms with van der Waals surface area (Å²) < 4.78 is 32.0. The summed E-state index contributed by atoms with van der Waals surface area (Å²) >= 11 is 5.93. The molecule has 0 radical (unpaired) electrons. The Morgan fingerprint density at radius 1 is 1.12 bits per heavy atom. The highest BCUT2D eigenvalue weighted by molar-refractivity contribution is 7.92. The summed E-state index contributed by atoms with van der Waals surface area (Å²) in [4.78, 5) is 11.8. The highest BCUT2D eigenvalue weighted by Gasteiger charge is 2.17. The first-order valence-corrected chi connectivity index (χ1v) is 9.11. The number of sulfonamides is 1. The summed E-state index contributed by atoms with van der Waals surface area (Å²) in [7, 11) is -2.54. The smallest absolute Gasteiger partial charge is 0.339 e. The Balaban J connectivity index is 2.30. The molecule has 2 aromatic carbocycles. The Labute approximate surface area is 146 Å². The summed E-state index contributed by atoms with van der Waals surface area (Å²) in [6.45, 7) is 4.06. The van der Waals surface area contributed by atoms with Crippen LogP contribution in [0.4, 0.5) is 5.69 Å². The van der Waals surface area contributed by atoms with Crippen LogP contribution in [0, 0.1) is 0 Å². The lowest BCUT2D eigenvalue weighted by Crippen LogP contribution is -2.14. The van der Waals surface area contributed by atoms with Gasteiger partial charge in [-0.1, -0.05) is 37.6 Å². The molecule has 7 heteroatoms. The van der Waals surface area contributed by atoms with E-state index in [1.807, 2.05) is 13.8 Å². The Morgan fingerprint density at radius 2 is 1.75 bits per heavy atom. The predicted octanol–water partition coefficient (Wildman–Crippen LogP) is 4.05. The third kappa shape index (κ3) is 4.07. The predicted molar refractivity (Wildman–Crippen MR) is 94.1 cm³/mol. The van der Waals surface area contributed by atoms with E-state index in [0.717, 1.165) is 5.56 Å². The summed E-state index contributed by atoms with van der Waals surface area (Å²) in [5.41, 5.74) is 1.37. The van der Waals surface area contributed by atoms with Crippen LogP contribution in [0.2, 0.25) is 5.02 Å². The average molecular weight is 368 g/mol. The summed E-state index contributed by atoms with van der Waals surface area (Å²) in [5, 5.41) is 0.186. The van der Waals surface area contributed by atoms with Crippen molar-refractivity contribution in [2.24, 2.45) is 0 Å². The Kier molecular flexibility index (Phi) is 5.51. The highest BCUT2D eigenvalue weighted by atomic mass is 35.5. The fraction of sp³-hybridized carbons (Fsp3) is 0.235. The van der Waals surface area contributed by atoms with Crippen molar-refractivity contribution in [2.75, 3.05) is 11.8 Å². The van der Waals surface area contributed by atoms with Gasteiger partial charge in [-0.15, -0.1) is 0 Å². The Morgan fingerprint density at radius 3 is 2.29 bits per heavy atom. The highest BCUT2D eigenvalue weighted by Crippen LogP contribution is 2.24. The molecule has 0 aliphatic heterocycles. The van der Waals surface area contributed by atoms with Crippen LogP contribution >= 0.6 is 11.6 Å². The van der Waals surface area contributed by atoms with Crippen LogP contribution in [-0.4, -0.2) is 21.5 Å². The normalized spacial score (nSPS) is 11.4. The number of hydrogen-bond donors (Lipinski definition) is 1. The van der Waals surface area contributed by atoms with Crippen LogP contribution in [0.15, 0.2) is 47.4 Å². The first-order chi connectivity index (χ1) is 11.2. The fourth-order valence-electron chi connectivity index (χ4n) is 2.10. The number of nitrogens with one attached hydrogen (secondary N) is 1. The lowest BCUT2D eigenvalue weighted by Gasteiger charge is -2.11. The van der Waals surface area contributed by atoms with Gasteiger partial charge in [0.25, 0.3) is 10.0 Å². The lowest BCUT2D eigenvalue weighted by atomic mass is 10.0. The number of ether oxygens (including phenoxy) is 1. The molecule has 5 nitrogen and oxygen atoms in total. The first kappa shape index (κ1) is 18.3. The maximum Gasteiger partial charge on any atom is 0.339 e. The number of hydrogen-bond acceptors (Lipinski definition) is 4. The Bertz CT molecular complexity index is 845. The van der Waals surface area contributed by atoms with Crippen LogP contribution < -0.4 is 4.72 Å². The van der Waals surface area contributed by atoms with E-state index in [1.54, 1.807) is 24.3 Å². The van der Waals surface area contributed by atoms with Crippen LogP contribution in [0.25, 0.3) is 0 Å². The van der Waals surface area contributed by atoms with Gasteiger partial charge in [0, 0.05) is 5.69 Å². The minimum absolute atomic E-state index is 0.0922. The third-order valence-electron chi connectivity index (χ3n) is 3.48. The maximum atomic E-state index is 12.5. The molecule has 0 aliphatic carbocycles. The molecule has 2 aromatic rings. The van der Waals surface area contributed by atoms with Gasteiger partial charge < -0.3 is 4.74 Å². The molecular weight excluding hydrogens is 350 g/mol. The van der Waals surface area contributed by atoms with E-state index in [9.17, 15) is 13.2 Å². The van der Waals surface area contributed by atoms with Crippen molar-refractivity contribution in [1.82, 2.24) is 0 Å². The van der Waals surface area contributed by atoms with Gasteiger partial charge in [0.05, 0.1) is 22.6 Å². The largest absolute Gasteiger partial charge is 0.465 e. The molecule has 0 aromatic heterocycles. The standard InChI is InChI=1S/C17H18ClNO4S/c1-11(2)12-4-7-14(8-5-12)24(21,22)19-13-6-9-16(18)15(10-13)17(20)23-3/h4-11,19H,1-3H3.